The molecular weight excluding hydrogens is 448 g/mol. The largest absolute Gasteiger partial charge is 0.369 e. The highest BCUT2D eigenvalue weighted by Gasteiger charge is 2.49. The Morgan fingerprint density at radius 3 is 2.04 bits per heavy atom. The molecule has 1 saturated heterocycles. The molecule has 0 radical (unpaired) electrons. The van der Waals surface area contributed by atoms with Gasteiger partial charge in [0.05, 0.1) is 6.54 Å². The third kappa shape index (κ3) is 3.76. The van der Waals surface area contributed by atoms with E-state index in [1.165, 1.54) is 4.90 Å². The molecule has 1 N–H and O–H groups in total. The lowest BCUT2D eigenvalue weighted by Crippen LogP contribution is -2.47. The second-order valence-corrected chi connectivity index (χ2v) is 8.07. The molecular formula is C19H20Br2N2O2. The fourth-order valence-electron chi connectivity index (χ4n) is 3.10. The number of carbonyl (C=O) groups excluding carboxylic acids is 1. The van der Waals surface area contributed by atoms with Crippen LogP contribution in [0.4, 0.5) is 16.2 Å². The maximum Gasteiger partial charge on any atom is 0.331 e. The molecule has 0 saturated carbocycles. The predicted octanol–water partition coefficient (Wildman–Crippen LogP) is 5.54. The van der Waals surface area contributed by atoms with Gasteiger partial charge in [0.25, 0.3) is 0 Å². The highest BCUT2D eigenvalue weighted by molar-refractivity contribution is 9.10. The van der Waals surface area contributed by atoms with Gasteiger partial charge in [0, 0.05) is 20.3 Å². The first-order valence-electron chi connectivity index (χ1n) is 8.30. The molecule has 25 heavy (non-hydrogen) atoms. The Balaban J connectivity index is 1.98. The molecule has 1 unspecified atom stereocenters. The third-order valence-electron chi connectivity index (χ3n) is 4.40. The molecule has 0 aromatic heterocycles. The number of hydrogen-bond acceptors (Lipinski definition) is 2. The lowest BCUT2D eigenvalue weighted by atomic mass is 10.0. The van der Waals surface area contributed by atoms with Crippen molar-refractivity contribution in [2.45, 2.75) is 31.9 Å². The van der Waals surface area contributed by atoms with Crippen molar-refractivity contribution in [3.05, 3.63) is 57.5 Å². The number of hydrogen-bond donors (Lipinski definition) is 1. The molecule has 3 rings (SSSR count). The Kier molecular flexibility index (Phi) is 5.51. The maximum absolute atomic E-state index is 13.1. The fraction of sp³-hybridized carbons (Fsp3) is 0.316. The van der Waals surface area contributed by atoms with Crippen LogP contribution in [0.25, 0.3) is 0 Å². The van der Waals surface area contributed by atoms with E-state index in [9.17, 15) is 9.90 Å². The summed E-state index contributed by atoms with van der Waals surface area (Å²) in [5.74, 6) is 0. The number of halogens is 2. The van der Waals surface area contributed by atoms with Crippen LogP contribution in [0.3, 0.4) is 0 Å². The number of β-amino-alcohol motifs (C(OH)–C–C–N with tert-alkyl or cyclic N) is 1. The van der Waals surface area contributed by atoms with Crippen LogP contribution in [0.1, 0.15) is 26.2 Å². The topological polar surface area (TPSA) is 43.8 Å². The van der Waals surface area contributed by atoms with E-state index < -0.39 is 5.72 Å². The molecule has 0 bridgehead atoms. The van der Waals surface area contributed by atoms with Crippen LogP contribution in [0.5, 0.6) is 0 Å². The standard InChI is InChI=1S/C19H20Br2N2O2/c1-2-3-12-19(25)13-22(16-8-4-14(20)5-9-16)18(24)23(19)17-10-6-15(21)7-11-17/h4-11,25H,2-3,12-13H2,1H3. The van der Waals surface area contributed by atoms with E-state index in [2.05, 4.69) is 38.8 Å². The van der Waals surface area contributed by atoms with Crippen molar-refractivity contribution in [1.29, 1.82) is 0 Å². The Bertz CT molecular complexity index is 749. The van der Waals surface area contributed by atoms with E-state index in [1.807, 2.05) is 48.5 Å². The van der Waals surface area contributed by atoms with Gasteiger partial charge in [0.2, 0.25) is 0 Å². The fourth-order valence-corrected chi connectivity index (χ4v) is 3.63. The van der Waals surface area contributed by atoms with Crippen LogP contribution < -0.4 is 9.80 Å². The number of amides is 2. The number of rotatable bonds is 5. The number of nitrogens with zero attached hydrogens (tertiary/aromatic N) is 2. The van der Waals surface area contributed by atoms with Gasteiger partial charge in [-0.1, -0.05) is 45.2 Å². The minimum absolute atomic E-state index is 0.205. The Morgan fingerprint density at radius 1 is 1.00 bits per heavy atom. The van der Waals surface area contributed by atoms with E-state index in [1.54, 1.807) is 4.90 Å². The summed E-state index contributed by atoms with van der Waals surface area (Å²) >= 11 is 6.83. The highest BCUT2D eigenvalue weighted by Crippen LogP contribution is 2.37. The van der Waals surface area contributed by atoms with Crippen LogP contribution in [-0.2, 0) is 0 Å². The van der Waals surface area contributed by atoms with Crippen LogP contribution in [0, 0.1) is 0 Å². The summed E-state index contributed by atoms with van der Waals surface area (Å²) in [5, 5.41) is 11.3. The minimum Gasteiger partial charge on any atom is -0.369 e. The normalized spacial score (nSPS) is 20.4. The van der Waals surface area contributed by atoms with Crippen molar-refractivity contribution < 1.29 is 9.90 Å². The third-order valence-corrected chi connectivity index (χ3v) is 5.46. The second-order valence-electron chi connectivity index (χ2n) is 6.24. The van der Waals surface area contributed by atoms with Crippen molar-refractivity contribution in [2.75, 3.05) is 16.3 Å². The summed E-state index contributed by atoms with van der Waals surface area (Å²) in [7, 11) is 0. The van der Waals surface area contributed by atoms with Crippen molar-refractivity contribution in [3.63, 3.8) is 0 Å². The van der Waals surface area contributed by atoms with Gasteiger partial charge >= 0.3 is 6.03 Å². The van der Waals surface area contributed by atoms with Gasteiger partial charge in [0.1, 0.15) is 0 Å². The monoisotopic (exact) mass is 466 g/mol. The SMILES string of the molecule is CCCCC1(O)CN(c2ccc(Br)cc2)C(=O)N1c1ccc(Br)cc1. The van der Waals surface area contributed by atoms with Crippen molar-refractivity contribution in [3.8, 4) is 0 Å². The quantitative estimate of drug-likeness (QED) is 0.627. The molecule has 2 aromatic rings. The molecule has 2 aromatic carbocycles. The molecule has 1 atom stereocenters. The van der Waals surface area contributed by atoms with Crippen LogP contribution in [0.15, 0.2) is 57.5 Å². The van der Waals surface area contributed by atoms with Crippen molar-refractivity contribution in [2.24, 2.45) is 0 Å². The first-order valence-corrected chi connectivity index (χ1v) is 9.88. The van der Waals surface area contributed by atoms with Crippen LogP contribution in [0.2, 0.25) is 0 Å². The van der Waals surface area contributed by atoms with E-state index in [0.29, 0.717) is 12.1 Å². The summed E-state index contributed by atoms with van der Waals surface area (Å²) in [4.78, 5) is 16.3. The van der Waals surface area contributed by atoms with Gasteiger partial charge in [-0.25, -0.2) is 4.79 Å². The molecule has 1 fully saturated rings. The van der Waals surface area contributed by atoms with E-state index in [0.717, 1.165) is 27.5 Å². The lowest BCUT2D eigenvalue weighted by molar-refractivity contribution is 0.0565. The zero-order chi connectivity index (χ0) is 18.0. The number of aliphatic hydroxyl groups is 1. The zero-order valence-corrected chi connectivity index (χ0v) is 17.1. The molecule has 0 spiro atoms. The van der Waals surface area contributed by atoms with Crippen molar-refractivity contribution in [1.82, 2.24) is 0 Å². The average molecular weight is 468 g/mol. The summed E-state index contributed by atoms with van der Waals surface area (Å²) in [6.07, 6.45) is 2.35. The van der Waals surface area contributed by atoms with Gasteiger partial charge in [-0.05, 0) is 61.4 Å². The molecule has 2 amide bonds. The number of anilines is 2. The summed E-state index contributed by atoms with van der Waals surface area (Å²) < 4.78 is 1.89. The molecule has 1 aliphatic heterocycles. The van der Waals surface area contributed by atoms with Crippen LogP contribution in [-0.4, -0.2) is 23.4 Å². The van der Waals surface area contributed by atoms with E-state index in [4.69, 9.17) is 0 Å². The Hall–Kier alpha value is -1.37. The first-order chi connectivity index (χ1) is 11.9. The smallest absolute Gasteiger partial charge is 0.331 e. The number of unbranched alkanes of at least 4 members (excludes halogenated alkanes) is 1. The highest BCUT2D eigenvalue weighted by atomic mass is 79.9. The molecule has 1 aliphatic rings. The zero-order valence-electron chi connectivity index (χ0n) is 14.0. The van der Waals surface area contributed by atoms with Gasteiger partial charge in [-0.15, -0.1) is 0 Å². The molecule has 4 nitrogen and oxygen atoms in total. The summed E-state index contributed by atoms with van der Waals surface area (Å²) in [6, 6.07) is 14.8. The average Bonchev–Trinajstić information content (AvgIpc) is 2.86. The number of carbonyl (C=O) groups is 1. The number of benzene rings is 2. The Labute approximate surface area is 164 Å². The Morgan fingerprint density at radius 2 is 1.52 bits per heavy atom. The van der Waals surface area contributed by atoms with Crippen LogP contribution >= 0.6 is 31.9 Å². The predicted molar refractivity (Wildman–Crippen MR) is 108 cm³/mol. The number of urea groups is 1. The van der Waals surface area contributed by atoms with Gasteiger partial charge in [-0.3, -0.25) is 9.80 Å². The van der Waals surface area contributed by atoms with Gasteiger partial charge in [0.15, 0.2) is 5.72 Å². The first kappa shape index (κ1) is 18.4. The molecule has 132 valence electrons. The molecule has 6 heteroatoms. The molecule has 1 heterocycles. The molecule has 0 aliphatic carbocycles. The summed E-state index contributed by atoms with van der Waals surface area (Å²) in [6.45, 7) is 2.33. The second kappa shape index (κ2) is 7.48. The minimum atomic E-state index is -1.21. The van der Waals surface area contributed by atoms with E-state index in [-0.39, 0.29) is 12.6 Å². The lowest BCUT2D eigenvalue weighted by Gasteiger charge is -2.31. The van der Waals surface area contributed by atoms with Crippen molar-refractivity contribution >= 4 is 49.3 Å². The van der Waals surface area contributed by atoms with Gasteiger partial charge in [-0.2, -0.15) is 0 Å². The maximum atomic E-state index is 13.1. The van der Waals surface area contributed by atoms with Gasteiger partial charge < -0.3 is 5.11 Å². The summed E-state index contributed by atoms with van der Waals surface area (Å²) in [5.41, 5.74) is 0.266. The van der Waals surface area contributed by atoms with E-state index >= 15 is 0 Å².